The van der Waals surface area contributed by atoms with Crippen molar-refractivity contribution in [3.05, 3.63) is 0 Å². The molecular formula is C69H125N17O12. The molecule has 10 atom stereocenters. The van der Waals surface area contributed by atoms with Crippen molar-refractivity contribution in [1.29, 1.82) is 5.41 Å². The maximum absolute atomic E-state index is 14.6. The van der Waals surface area contributed by atoms with Crippen LogP contribution in [0.3, 0.4) is 0 Å². The molecular weight excluding hydrogens is 1260 g/mol. The number of carbonyl (C=O) groups is 12. The highest BCUT2D eigenvalue weighted by Crippen LogP contribution is 2.24. The van der Waals surface area contributed by atoms with Crippen molar-refractivity contribution in [2.24, 2.45) is 85.6 Å². The van der Waals surface area contributed by atoms with Crippen LogP contribution in [-0.4, -0.2) is 155 Å². The first-order valence-electron chi connectivity index (χ1n) is 35.9. The molecule has 558 valence electrons. The highest BCUT2D eigenvalue weighted by atomic mass is 16.2. The fourth-order valence-corrected chi connectivity index (χ4v) is 11.9. The number of aliphatic imine (C=N–C) groups is 2. The number of carbonyl (C=O) groups excluding carboxylic acids is 12. The summed E-state index contributed by atoms with van der Waals surface area (Å²) in [4.78, 5) is 174. The molecule has 98 heavy (non-hydrogen) atoms. The average Bonchev–Trinajstić information content (AvgIpc) is 1.60. The van der Waals surface area contributed by atoms with Crippen molar-refractivity contribution in [2.75, 3.05) is 19.6 Å². The quantitative estimate of drug-likeness (QED) is 0.0235. The molecule has 9 amide bonds. The van der Waals surface area contributed by atoms with Crippen LogP contribution < -0.4 is 72.0 Å². The van der Waals surface area contributed by atoms with Crippen molar-refractivity contribution in [3.8, 4) is 0 Å². The smallest absolute Gasteiger partial charge is 0.245 e. The average molecular weight is 1380 g/mol. The van der Waals surface area contributed by atoms with Gasteiger partial charge in [0.25, 0.3) is 0 Å². The Labute approximate surface area is 581 Å². The second kappa shape index (κ2) is 48.9. The van der Waals surface area contributed by atoms with E-state index in [9.17, 15) is 57.5 Å². The number of likely N-dealkylation sites (tertiary alicyclic amines) is 1. The van der Waals surface area contributed by atoms with E-state index in [-0.39, 0.29) is 113 Å². The highest BCUT2D eigenvalue weighted by molar-refractivity contribution is 6.00. The van der Waals surface area contributed by atoms with Gasteiger partial charge in [-0.05, 0) is 82.0 Å². The zero-order valence-electron chi connectivity index (χ0n) is 60.4. The number of nitrogens with two attached hydrogens (primary N) is 7. The lowest BCUT2D eigenvalue weighted by molar-refractivity contribution is -0.143. The third-order valence-electron chi connectivity index (χ3n) is 17.6. The van der Waals surface area contributed by atoms with Crippen LogP contribution in [0.1, 0.15) is 249 Å². The van der Waals surface area contributed by atoms with Crippen LogP contribution >= 0.6 is 0 Å². The molecule has 0 aliphatic carbocycles. The first kappa shape index (κ1) is 88.3. The zero-order chi connectivity index (χ0) is 74.0. The van der Waals surface area contributed by atoms with Gasteiger partial charge in [-0.1, -0.05) is 146 Å². The zero-order valence-corrected chi connectivity index (χ0v) is 60.4. The Bertz CT molecular complexity index is 2630. The number of unbranched alkanes of at least 4 members (excludes halogenated alkanes) is 13. The van der Waals surface area contributed by atoms with Gasteiger partial charge >= 0.3 is 0 Å². The van der Waals surface area contributed by atoms with Crippen molar-refractivity contribution in [2.45, 2.75) is 291 Å². The van der Waals surface area contributed by atoms with Crippen LogP contribution in [0, 0.1) is 40.9 Å². The number of Topliss-reactive ketones (excluding diaryl/α,β-unsaturated/α-hetero) is 3. The van der Waals surface area contributed by atoms with E-state index in [1.807, 2.05) is 13.8 Å². The molecule has 0 saturated carbocycles. The van der Waals surface area contributed by atoms with E-state index < -0.39 is 150 Å². The summed E-state index contributed by atoms with van der Waals surface area (Å²) in [6.45, 7) is 16.1. The minimum Gasteiger partial charge on any atom is -0.388 e. The molecule has 0 radical (unpaired) electrons. The summed E-state index contributed by atoms with van der Waals surface area (Å²) in [5.41, 5.74) is 38.6. The molecule has 0 spiro atoms. The van der Waals surface area contributed by atoms with Crippen molar-refractivity contribution < 1.29 is 57.5 Å². The summed E-state index contributed by atoms with van der Waals surface area (Å²) in [7, 11) is 0. The van der Waals surface area contributed by atoms with Gasteiger partial charge in [0.1, 0.15) is 24.2 Å². The highest BCUT2D eigenvalue weighted by Gasteiger charge is 2.41. The molecule has 1 aliphatic heterocycles. The number of guanidine groups is 2. The summed E-state index contributed by atoms with van der Waals surface area (Å²) in [6.07, 6.45) is 16.2. The second-order valence-electron chi connectivity index (χ2n) is 27.8. The fraction of sp³-hybridized carbons (Fsp3) is 0.783. The molecule has 0 bridgehead atoms. The standard InChI is InChI=1S/C69H125N17O12/c1-10-11-12-13-14-15-16-17-18-19-20-21-22-33-58(91)84-60(44(6)7)66(97)82-50(28-23-24-32-56(70)71)67(98)86-36-27-31-52(86)65(96)85-59(43(4)5)55(89)39-46(9)63(94)83-51(41-57(72)90)53(87)38-45(8)62(93)80-48(29-25-34-78-68(74)75)54(88)40-47(37-42(2)3)64(95)81-49(61(73)92)30-26-35-79-69(76)77/h42-52,59-60H,10-41H2,1-9H3,(H3,70,71)(H2,72,90)(H2,73,92)(H,80,93)(H,81,95)(H,82,97)(H,83,94)(H,84,91)(H,85,96)(H4,74,75,78)(H4,76,77,79)/t45-,46-,47-,48+,49?,50+,51+,52+,59+,60+/m1/s1. The number of nitrogens with one attached hydrogen (secondary N) is 7. The van der Waals surface area contributed by atoms with E-state index in [0.717, 1.165) is 19.3 Å². The van der Waals surface area contributed by atoms with E-state index in [2.05, 4.69) is 48.8 Å². The summed E-state index contributed by atoms with van der Waals surface area (Å²) >= 11 is 0. The maximum atomic E-state index is 14.6. The monoisotopic (exact) mass is 1380 g/mol. The molecule has 29 nitrogen and oxygen atoms in total. The van der Waals surface area contributed by atoms with Crippen LogP contribution in [0.25, 0.3) is 0 Å². The van der Waals surface area contributed by atoms with Crippen molar-refractivity contribution in [1.82, 2.24) is 36.8 Å². The van der Waals surface area contributed by atoms with Gasteiger partial charge in [0.05, 0.1) is 30.4 Å². The molecule has 1 aliphatic rings. The van der Waals surface area contributed by atoms with Gasteiger partial charge in [-0.3, -0.25) is 72.9 Å². The number of rotatable bonds is 55. The second-order valence-corrected chi connectivity index (χ2v) is 27.8. The molecule has 29 heteroatoms. The third-order valence-corrected chi connectivity index (χ3v) is 17.6. The van der Waals surface area contributed by atoms with Crippen LogP contribution in [0.2, 0.25) is 0 Å². The number of nitrogens with zero attached hydrogens (tertiary/aromatic N) is 3. The van der Waals surface area contributed by atoms with Crippen LogP contribution in [0.5, 0.6) is 0 Å². The Morgan fingerprint density at radius 1 is 0.469 bits per heavy atom. The number of amidine groups is 1. The molecule has 1 rings (SSSR count). The number of hydrogen-bond donors (Lipinski definition) is 14. The van der Waals surface area contributed by atoms with Gasteiger partial charge in [-0.2, -0.15) is 0 Å². The van der Waals surface area contributed by atoms with Gasteiger partial charge in [0.15, 0.2) is 29.3 Å². The van der Waals surface area contributed by atoms with Crippen LogP contribution in [0.15, 0.2) is 9.98 Å². The Morgan fingerprint density at radius 2 is 0.929 bits per heavy atom. The lowest BCUT2D eigenvalue weighted by atomic mass is 9.88. The summed E-state index contributed by atoms with van der Waals surface area (Å²) < 4.78 is 0. The SMILES string of the molecule is CCCCCCCCCCCCCCCC(=O)N[C@H](C(=O)N[C@@H](CCCCC(=N)N)C(=O)N1CCC[C@H]1C(=O)N[C@H](C(=O)C[C@@H](C)C(=O)N[C@@H](CC(N)=O)C(=O)C[C@@H](C)C(=O)N[C@@H](CCCN=C(N)N)C(=O)C[C@@H](CC(C)C)C(=O)NC(CCCN=C(N)N)C(N)=O)C(C)C)C(C)C. The van der Waals surface area contributed by atoms with E-state index >= 15 is 0 Å². The lowest BCUT2D eigenvalue weighted by Gasteiger charge is -2.32. The summed E-state index contributed by atoms with van der Waals surface area (Å²) in [5, 5.41) is 24.1. The molecule has 1 fully saturated rings. The maximum Gasteiger partial charge on any atom is 0.245 e. The minimum atomic E-state index is -1.54. The number of hydrogen-bond acceptors (Lipinski definition) is 15. The van der Waals surface area contributed by atoms with Crippen LogP contribution in [-0.2, 0) is 57.5 Å². The predicted octanol–water partition coefficient (Wildman–Crippen LogP) is 3.46. The first-order valence-corrected chi connectivity index (χ1v) is 35.9. The summed E-state index contributed by atoms with van der Waals surface area (Å²) in [5.74, 6) is -12.4. The Kier molecular flexibility index (Phi) is 44.0. The fourth-order valence-electron chi connectivity index (χ4n) is 11.9. The lowest BCUT2D eigenvalue weighted by Crippen LogP contribution is -2.58. The molecule has 0 aromatic heterocycles. The van der Waals surface area contributed by atoms with E-state index in [4.69, 9.17) is 45.5 Å². The van der Waals surface area contributed by atoms with Crippen molar-refractivity contribution in [3.63, 3.8) is 0 Å². The Balaban J connectivity index is 3.20. The minimum absolute atomic E-state index is 0.0122. The van der Waals surface area contributed by atoms with Gasteiger partial charge in [0.2, 0.25) is 53.2 Å². The molecule has 21 N–H and O–H groups in total. The normalized spacial score (nSPS) is 15.6. The van der Waals surface area contributed by atoms with Gasteiger partial charge in [-0.25, -0.2) is 0 Å². The Morgan fingerprint density at radius 3 is 1.42 bits per heavy atom. The van der Waals surface area contributed by atoms with Crippen LogP contribution in [0.4, 0.5) is 0 Å². The van der Waals surface area contributed by atoms with Gasteiger partial charge in [0, 0.05) is 69.5 Å². The number of primary amides is 2. The summed E-state index contributed by atoms with van der Waals surface area (Å²) in [6, 6.07) is -8.09. The molecule has 0 aromatic carbocycles. The topological polar surface area (TPSA) is 511 Å². The van der Waals surface area contributed by atoms with Gasteiger partial charge < -0.3 is 76.9 Å². The Hall–Kier alpha value is -7.75. The number of ketones is 3. The molecule has 0 aromatic rings. The molecule has 1 saturated heterocycles. The van der Waals surface area contributed by atoms with E-state index in [1.54, 1.807) is 27.7 Å². The van der Waals surface area contributed by atoms with Gasteiger partial charge in [-0.15, -0.1) is 0 Å². The largest absolute Gasteiger partial charge is 0.388 e. The number of amides is 9. The predicted molar refractivity (Wildman–Crippen MR) is 380 cm³/mol. The molecule has 1 unspecified atom stereocenters. The van der Waals surface area contributed by atoms with Crippen molar-refractivity contribution >= 4 is 88.3 Å². The first-order chi connectivity index (χ1) is 46.2. The third kappa shape index (κ3) is 37.3. The van der Waals surface area contributed by atoms with E-state index in [1.165, 1.54) is 76.5 Å². The van der Waals surface area contributed by atoms with E-state index in [0.29, 0.717) is 32.1 Å². The molecule has 1 heterocycles.